The van der Waals surface area contributed by atoms with E-state index in [0.717, 1.165) is 25.0 Å². The number of phenols is 3. The van der Waals surface area contributed by atoms with Gasteiger partial charge in [-0.25, -0.2) is 0 Å². The van der Waals surface area contributed by atoms with Crippen LogP contribution >= 0.6 is 0 Å². The molecule has 1 fully saturated rings. The monoisotopic (exact) mass is 336 g/mol. The summed E-state index contributed by atoms with van der Waals surface area (Å²) in [4.78, 5) is 28.2. The summed E-state index contributed by atoms with van der Waals surface area (Å²) in [5, 5.41) is 28.4. The normalized spacial score (nSPS) is 15.0. The number of nitrogens with zero attached hydrogens (tertiary/aromatic N) is 2. The maximum Gasteiger partial charge on any atom is 0.254 e. The molecular formula is C17H24N2O5. The van der Waals surface area contributed by atoms with E-state index in [9.17, 15) is 24.9 Å². The Morgan fingerprint density at radius 3 is 1.88 bits per heavy atom. The van der Waals surface area contributed by atoms with E-state index in [1.165, 1.54) is 0 Å². The largest absolute Gasteiger partial charge is 0.504 e. The molecule has 1 saturated heterocycles. The second-order valence-electron chi connectivity index (χ2n) is 5.99. The third-order valence-corrected chi connectivity index (χ3v) is 4.53. The summed E-state index contributed by atoms with van der Waals surface area (Å²) in [6.45, 7) is 5.72. The summed E-state index contributed by atoms with van der Waals surface area (Å²) in [5.74, 6) is -1.92. The summed E-state index contributed by atoms with van der Waals surface area (Å²) >= 11 is 0. The predicted molar refractivity (Wildman–Crippen MR) is 88.0 cm³/mol. The molecule has 0 radical (unpaired) electrons. The van der Waals surface area contributed by atoms with Crippen molar-refractivity contribution < 1.29 is 24.9 Å². The molecule has 0 spiro atoms. The van der Waals surface area contributed by atoms with Crippen molar-refractivity contribution in [3.05, 3.63) is 17.7 Å². The van der Waals surface area contributed by atoms with Crippen LogP contribution in [0.3, 0.4) is 0 Å². The molecule has 3 N–H and O–H groups in total. The zero-order valence-electron chi connectivity index (χ0n) is 14.0. The van der Waals surface area contributed by atoms with Crippen molar-refractivity contribution in [3.8, 4) is 17.2 Å². The number of carbonyl (C=O) groups excluding carboxylic acids is 2. The topological polar surface area (TPSA) is 101 Å². The minimum Gasteiger partial charge on any atom is -0.504 e. The second-order valence-corrected chi connectivity index (χ2v) is 5.99. The molecule has 2 amide bonds. The van der Waals surface area contributed by atoms with Crippen molar-refractivity contribution in [2.45, 2.75) is 26.7 Å². The molecule has 1 heterocycles. The lowest BCUT2D eigenvalue weighted by molar-refractivity contribution is -0.137. The molecular weight excluding hydrogens is 312 g/mol. The van der Waals surface area contributed by atoms with Crippen LogP contribution in [-0.2, 0) is 4.79 Å². The van der Waals surface area contributed by atoms with Gasteiger partial charge in [-0.3, -0.25) is 9.59 Å². The second kappa shape index (κ2) is 7.42. The van der Waals surface area contributed by atoms with Crippen molar-refractivity contribution in [2.24, 2.45) is 5.92 Å². The van der Waals surface area contributed by atoms with E-state index in [4.69, 9.17) is 0 Å². The van der Waals surface area contributed by atoms with Crippen LogP contribution < -0.4 is 0 Å². The first-order valence-corrected chi connectivity index (χ1v) is 8.22. The van der Waals surface area contributed by atoms with Gasteiger partial charge >= 0.3 is 0 Å². The summed E-state index contributed by atoms with van der Waals surface area (Å²) in [6, 6.07) is 2.25. The van der Waals surface area contributed by atoms with Crippen molar-refractivity contribution in [1.29, 1.82) is 0 Å². The van der Waals surface area contributed by atoms with Crippen LogP contribution in [0.4, 0.5) is 0 Å². The number of piperazine rings is 1. The number of phenolic OH excluding ortho intramolecular Hbond substituents is 3. The molecule has 24 heavy (non-hydrogen) atoms. The average Bonchev–Trinajstić information content (AvgIpc) is 2.59. The highest BCUT2D eigenvalue weighted by atomic mass is 16.3. The third kappa shape index (κ3) is 3.55. The maximum absolute atomic E-state index is 12.5. The lowest BCUT2D eigenvalue weighted by Crippen LogP contribution is -2.51. The summed E-state index contributed by atoms with van der Waals surface area (Å²) in [5.41, 5.74) is 0.0996. The van der Waals surface area contributed by atoms with E-state index in [1.54, 1.807) is 9.80 Å². The first-order chi connectivity index (χ1) is 11.4. The zero-order valence-corrected chi connectivity index (χ0v) is 14.0. The molecule has 0 unspecified atom stereocenters. The highest BCUT2D eigenvalue weighted by Gasteiger charge is 2.28. The number of carbonyl (C=O) groups is 2. The Balaban J connectivity index is 2.02. The van der Waals surface area contributed by atoms with E-state index in [1.807, 2.05) is 13.8 Å². The minimum absolute atomic E-state index is 0.0262. The van der Waals surface area contributed by atoms with Crippen molar-refractivity contribution in [2.75, 3.05) is 26.2 Å². The zero-order chi connectivity index (χ0) is 17.9. The summed E-state index contributed by atoms with van der Waals surface area (Å²) < 4.78 is 0. The molecule has 0 atom stereocenters. The van der Waals surface area contributed by atoms with Gasteiger partial charge in [0.05, 0.1) is 0 Å². The molecule has 132 valence electrons. The Morgan fingerprint density at radius 2 is 1.42 bits per heavy atom. The van der Waals surface area contributed by atoms with Gasteiger partial charge in [-0.2, -0.15) is 0 Å². The minimum atomic E-state index is -0.646. The molecule has 1 aliphatic heterocycles. The number of amides is 2. The molecule has 7 nitrogen and oxygen atoms in total. The predicted octanol–water partition coefficient (Wildman–Crippen LogP) is 1.52. The van der Waals surface area contributed by atoms with Crippen LogP contribution in [-0.4, -0.2) is 63.1 Å². The van der Waals surface area contributed by atoms with Gasteiger partial charge in [0.1, 0.15) is 0 Å². The Bertz CT molecular complexity index is 596. The van der Waals surface area contributed by atoms with E-state index >= 15 is 0 Å². The highest BCUT2D eigenvalue weighted by molar-refractivity contribution is 5.95. The molecule has 1 aromatic rings. The van der Waals surface area contributed by atoms with Gasteiger partial charge < -0.3 is 25.1 Å². The lowest BCUT2D eigenvalue weighted by Gasteiger charge is -2.36. The Kier molecular flexibility index (Phi) is 5.54. The summed E-state index contributed by atoms with van der Waals surface area (Å²) in [6.07, 6.45) is 1.61. The third-order valence-electron chi connectivity index (χ3n) is 4.53. The van der Waals surface area contributed by atoms with Gasteiger partial charge in [0, 0.05) is 37.7 Å². The fraction of sp³-hybridized carbons (Fsp3) is 0.529. The Morgan fingerprint density at radius 1 is 0.958 bits per heavy atom. The van der Waals surface area contributed by atoms with Crippen LogP contribution in [0.25, 0.3) is 0 Å². The van der Waals surface area contributed by atoms with Crippen molar-refractivity contribution in [3.63, 3.8) is 0 Å². The molecule has 1 aliphatic rings. The standard InChI is InChI=1S/C17H24N2O5/c1-3-11(4-2)16(23)18-5-7-19(8-6-18)17(24)12-9-13(20)15(22)14(21)10-12/h9-11,20-22H,3-8H2,1-2H3. The van der Waals surface area contributed by atoms with Gasteiger partial charge in [-0.05, 0) is 25.0 Å². The smallest absolute Gasteiger partial charge is 0.254 e. The van der Waals surface area contributed by atoms with E-state index in [-0.39, 0.29) is 23.3 Å². The Labute approximate surface area is 141 Å². The lowest BCUT2D eigenvalue weighted by atomic mass is 10.0. The first-order valence-electron chi connectivity index (χ1n) is 8.22. The molecule has 2 rings (SSSR count). The first kappa shape index (κ1) is 17.9. The number of aromatic hydroxyl groups is 3. The van der Waals surface area contributed by atoms with Gasteiger partial charge in [0.15, 0.2) is 17.2 Å². The maximum atomic E-state index is 12.5. The highest BCUT2D eigenvalue weighted by Crippen LogP contribution is 2.35. The van der Waals surface area contributed by atoms with Gasteiger partial charge in [0.25, 0.3) is 5.91 Å². The van der Waals surface area contributed by atoms with Crippen LogP contribution in [0.1, 0.15) is 37.0 Å². The number of hydrogen-bond acceptors (Lipinski definition) is 5. The molecule has 0 saturated carbocycles. The fourth-order valence-corrected chi connectivity index (χ4v) is 2.94. The number of benzene rings is 1. The van der Waals surface area contributed by atoms with Gasteiger partial charge in [-0.15, -0.1) is 0 Å². The van der Waals surface area contributed by atoms with Gasteiger partial charge in [0.2, 0.25) is 5.91 Å². The average molecular weight is 336 g/mol. The van der Waals surface area contributed by atoms with Crippen LogP contribution in [0, 0.1) is 5.92 Å². The SMILES string of the molecule is CCC(CC)C(=O)N1CCN(C(=O)c2cc(O)c(O)c(O)c2)CC1. The van der Waals surface area contributed by atoms with E-state index in [0.29, 0.717) is 26.2 Å². The van der Waals surface area contributed by atoms with Crippen molar-refractivity contribution in [1.82, 2.24) is 9.80 Å². The van der Waals surface area contributed by atoms with Crippen LogP contribution in [0.2, 0.25) is 0 Å². The van der Waals surface area contributed by atoms with Crippen molar-refractivity contribution >= 4 is 11.8 Å². The number of rotatable bonds is 4. The van der Waals surface area contributed by atoms with Crippen LogP contribution in [0.15, 0.2) is 12.1 Å². The van der Waals surface area contributed by atoms with E-state index < -0.39 is 17.2 Å². The quantitative estimate of drug-likeness (QED) is 0.724. The Hall–Kier alpha value is -2.44. The summed E-state index contributed by atoms with van der Waals surface area (Å²) in [7, 11) is 0. The molecule has 7 heteroatoms. The fourth-order valence-electron chi connectivity index (χ4n) is 2.94. The molecule has 0 bridgehead atoms. The number of hydrogen-bond donors (Lipinski definition) is 3. The molecule has 1 aromatic carbocycles. The van der Waals surface area contributed by atoms with Gasteiger partial charge in [-0.1, -0.05) is 13.8 Å². The van der Waals surface area contributed by atoms with E-state index in [2.05, 4.69) is 0 Å². The molecule has 0 aliphatic carbocycles. The van der Waals surface area contributed by atoms with Crippen LogP contribution in [0.5, 0.6) is 17.2 Å². The molecule has 0 aromatic heterocycles.